The fraction of sp³-hybridized carbons (Fsp3) is 0.143. The molecule has 0 bridgehead atoms. The second kappa shape index (κ2) is 2.96. The van der Waals surface area contributed by atoms with Gasteiger partial charge >= 0.3 is 0 Å². The standard InChI is InChI=1S/C7H8N2O/c1-9-4-2-7(3-5-9)6-8-10/h2-6H,1H3. The Morgan fingerprint density at radius 2 is 2.10 bits per heavy atom. The minimum Gasteiger partial charge on any atom is -0.357 e. The number of rotatable bonds is 1. The first-order valence-corrected chi connectivity index (χ1v) is 2.94. The van der Waals surface area contributed by atoms with Crippen LogP contribution >= 0.6 is 0 Å². The maximum absolute atomic E-state index is 9.75. The van der Waals surface area contributed by atoms with Crippen molar-refractivity contribution in [3.8, 4) is 0 Å². The second-order valence-corrected chi connectivity index (χ2v) is 2.03. The van der Waals surface area contributed by atoms with Crippen molar-refractivity contribution in [2.45, 2.75) is 0 Å². The van der Waals surface area contributed by atoms with E-state index < -0.39 is 0 Å². The number of nitroso groups, excluding NO2 is 1. The third-order valence-electron chi connectivity index (χ3n) is 1.21. The van der Waals surface area contributed by atoms with Gasteiger partial charge in [0, 0.05) is 19.4 Å². The summed E-state index contributed by atoms with van der Waals surface area (Å²) in [5.41, 5.74) is 0.827. The fourth-order valence-electron chi connectivity index (χ4n) is 0.659. The topological polar surface area (TPSA) is 32.7 Å². The van der Waals surface area contributed by atoms with Crippen LogP contribution in [0, 0.1) is 4.91 Å². The van der Waals surface area contributed by atoms with Crippen LogP contribution in [0.2, 0.25) is 0 Å². The Hall–Kier alpha value is -1.38. The zero-order chi connectivity index (χ0) is 7.40. The summed E-state index contributed by atoms with van der Waals surface area (Å²) in [5, 5.41) is 2.65. The molecule has 0 aromatic carbocycles. The van der Waals surface area contributed by atoms with Gasteiger partial charge in [-0.15, -0.1) is 4.91 Å². The second-order valence-electron chi connectivity index (χ2n) is 2.03. The zero-order valence-electron chi connectivity index (χ0n) is 5.69. The predicted octanol–water partition coefficient (Wildman–Crippen LogP) is 1.61. The Balaban J connectivity index is 2.70. The van der Waals surface area contributed by atoms with E-state index in [0.717, 1.165) is 5.57 Å². The molecule has 0 saturated heterocycles. The molecule has 0 aliphatic carbocycles. The Kier molecular flexibility index (Phi) is 1.99. The Labute approximate surface area is 59.3 Å². The minimum absolute atomic E-state index is 0.827. The van der Waals surface area contributed by atoms with E-state index in [1.54, 1.807) is 0 Å². The van der Waals surface area contributed by atoms with Gasteiger partial charge in [-0.3, -0.25) is 0 Å². The molecule has 0 aromatic heterocycles. The average Bonchev–Trinajstić information content (AvgIpc) is 1.95. The van der Waals surface area contributed by atoms with E-state index in [-0.39, 0.29) is 0 Å². The molecule has 0 fully saturated rings. The van der Waals surface area contributed by atoms with Crippen LogP contribution in [-0.2, 0) is 0 Å². The molecule has 0 N–H and O–H groups in total. The van der Waals surface area contributed by atoms with Crippen molar-refractivity contribution in [3.05, 3.63) is 41.2 Å². The highest BCUT2D eigenvalue weighted by atomic mass is 16.2. The fourth-order valence-corrected chi connectivity index (χ4v) is 0.659. The molecule has 1 aliphatic heterocycles. The van der Waals surface area contributed by atoms with Crippen molar-refractivity contribution in [1.29, 1.82) is 0 Å². The molecular formula is C7H8N2O. The van der Waals surface area contributed by atoms with Crippen molar-refractivity contribution in [1.82, 2.24) is 4.90 Å². The van der Waals surface area contributed by atoms with Gasteiger partial charge < -0.3 is 4.90 Å². The van der Waals surface area contributed by atoms with E-state index in [2.05, 4.69) is 5.18 Å². The highest BCUT2D eigenvalue weighted by Crippen LogP contribution is 2.06. The van der Waals surface area contributed by atoms with Crippen molar-refractivity contribution < 1.29 is 0 Å². The van der Waals surface area contributed by atoms with E-state index >= 15 is 0 Å². The summed E-state index contributed by atoms with van der Waals surface area (Å²) < 4.78 is 0. The molecule has 0 saturated carbocycles. The molecule has 0 atom stereocenters. The van der Waals surface area contributed by atoms with Crippen LogP contribution in [0.25, 0.3) is 0 Å². The third kappa shape index (κ3) is 1.55. The number of allylic oxidation sites excluding steroid dienone is 3. The van der Waals surface area contributed by atoms with Crippen molar-refractivity contribution in [2.24, 2.45) is 5.18 Å². The van der Waals surface area contributed by atoms with E-state index in [9.17, 15) is 4.91 Å². The summed E-state index contributed by atoms with van der Waals surface area (Å²) in [5.74, 6) is 0. The summed E-state index contributed by atoms with van der Waals surface area (Å²) in [7, 11) is 1.91. The first-order valence-electron chi connectivity index (χ1n) is 2.94. The van der Waals surface area contributed by atoms with Crippen molar-refractivity contribution in [3.63, 3.8) is 0 Å². The smallest absolute Gasteiger partial charge is 0.0788 e. The highest BCUT2D eigenvalue weighted by molar-refractivity contribution is 5.32. The van der Waals surface area contributed by atoms with E-state index in [4.69, 9.17) is 0 Å². The molecule has 1 rings (SSSR count). The zero-order valence-corrected chi connectivity index (χ0v) is 5.69. The molecule has 10 heavy (non-hydrogen) atoms. The van der Waals surface area contributed by atoms with Gasteiger partial charge in [-0.2, -0.15) is 0 Å². The van der Waals surface area contributed by atoms with Crippen molar-refractivity contribution in [2.75, 3.05) is 7.05 Å². The van der Waals surface area contributed by atoms with Crippen LogP contribution in [0.5, 0.6) is 0 Å². The third-order valence-corrected chi connectivity index (χ3v) is 1.21. The molecule has 0 radical (unpaired) electrons. The lowest BCUT2D eigenvalue weighted by molar-refractivity contribution is 0.620. The Morgan fingerprint density at radius 3 is 2.60 bits per heavy atom. The van der Waals surface area contributed by atoms with E-state index in [0.29, 0.717) is 0 Å². The lowest BCUT2D eigenvalue weighted by Crippen LogP contribution is -2.02. The summed E-state index contributed by atoms with van der Waals surface area (Å²) in [6.45, 7) is 0. The number of nitrogens with zero attached hydrogens (tertiary/aromatic N) is 2. The molecule has 0 unspecified atom stereocenters. The highest BCUT2D eigenvalue weighted by Gasteiger charge is 1.93. The maximum Gasteiger partial charge on any atom is 0.0788 e. The molecule has 52 valence electrons. The van der Waals surface area contributed by atoms with E-state index in [1.807, 2.05) is 36.5 Å². The molecule has 1 heterocycles. The number of hydrogen-bond acceptors (Lipinski definition) is 3. The molecule has 1 aliphatic rings. The molecule has 0 spiro atoms. The lowest BCUT2D eigenvalue weighted by Gasteiger charge is -2.10. The summed E-state index contributed by atoms with van der Waals surface area (Å²) in [4.78, 5) is 11.6. The van der Waals surface area contributed by atoms with Gasteiger partial charge in [0.1, 0.15) is 0 Å². The van der Waals surface area contributed by atoms with Gasteiger partial charge in [0.15, 0.2) is 0 Å². The van der Waals surface area contributed by atoms with E-state index in [1.165, 1.54) is 6.20 Å². The van der Waals surface area contributed by atoms with Gasteiger partial charge in [0.2, 0.25) is 0 Å². The normalized spacial score (nSPS) is 15.7. The summed E-state index contributed by atoms with van der Waals surface area (Å²) in [6, 6.07) is 0. The summed E-state index contributed by atoms with van der Waals surface area (Å²) >= 11 is 0. The van der Waals surface area contributed by atoms with Crippen molar-refractivity contribution >= 4 is 0 Å². The average molecular weight is 136 g/mol. The van der Waals surface area contributed by atoms with Gasteiger partial charge in [-0.05, 0) is 22.9 Å². The first-order chi connectivity index (χ1) is 4.83. The maximum atomic E-state index is 9.75. The van der Waals surface area contributed by atoms with Gasteiger partial charge in [-0.25, -0.2) is 0 Å². The van der Waals surface area contributed by atoms with Crippen LogP contribution in [0.15, 0.2) is 41.5 Å². The molecule has 3 nitrogen and oxygen atoms in total. The first kappa shape index (κ1) is 6.74. The predicted molar refractivity (Wildman–Crippen MR) is 39.9 cm³/mol. The molecular weight excluding hydrogens is 128 g/mol. The summed E-state index contributed by atoms with van der Waals surface area (Å²) in [6.07, 6.45) is 8.64. The van der Waals surface area contributed by atoms with Crippen LogP contribution < -0.4 is 0 Å². The van der Waals surface area contributed by atoms with Crippen LogP contribution in [-0.4, -0.2) is 11.9 Å². The van der Waals surface area contributed by atoms with Crippen LogP contribution in [0.1, 0.15) is 0 Å². The van der Waals surface area contributed by atoms with Crippen LogP contribution in [0.3, 0.4) is 0 Å². The molecule has 0 aromatic rings. The van der Waals surface area contributed by atoms with Gasteiger partial charge in [-0.1, -0.05) is 0 Å². The molecule has 0 amide bonds. The van der Waals surface area contributed by atoms with Gasteiger partial charge in [0.25, 0.3) is 0 Å². The Morgan fingerprint density at radius 1 is 1.50 bits per heavy atom. The largest absolute Gasteiger partial charge is 0.357 e. The molecule has 3 heteroatoms. The SMILES string of the molecule is CN1C=CC(=CN=O)C=C1. The van der Waals surface area contributed by atoms with Gasteiger partial charge in [0.05, 0.1) is 6.20 Å². The minimum atomic E-state index is 0.827. The number of hydrogen-bond donors (Lipinski definition) is 0. The quantitative estimate of drug-likeness (QED) is 0.513. The lowest BCUT2D eigenvalue weighted by atomic mass is 10.2. The Bertz CT molecular complexity index is 200. The monoisotopic (exact) mass is 136 g/mol. The van der Waals surface area contributed by atoms with Crippen LogP contribution in [0.4, 0.5) is 0 Å².